The van der Waals surface area contributed by atoms with Crippen LogP contribution in [0.1, 0.15) is 5.56 Å². The molecule has 0 saturated carbocycles. The van der Waals surface area contributed by atoms with Gasteiger partial charge in [0.25, 0.3) is 0 Å². The molecule has 5 nitrogen and oxygen atoms in total. The number of ether oxygens (including phenoxy) is 2. The second-order valence-corrected chi connectivity index (χ2v) is 3.88. The first kappa shape index (κ1) is 12.4. The highest BCUT2D eigenvalue weighted by Crippen LogP contribution is 2.32. The van der Waals surface area contributed by atoms with E-state index in [1.165, 1.54) is 0 Å². The largest absolute Gasteiger partial charge is 0.454 e. The zero-order valence-electron chi connectivity index (χ0n) is 10.1. The summed E-state index contributed by atoms with van der Waals surface area (Å²) < 4.78 is 10.5. The summed E-state index contributed by atoms with van der Waals surface area (Å²) in [6.07, 6.45) is 1.71. The number of rotatable bonds is 6. The Bertz CT molecular complexity index is 446. The summed E-state index contributed by atoms with van der Waals surface area (Å²) in [6, 6.07) is 5.63. The predicted octanol–water partition coefficient (Wildman–Crippen LogP) is 0.807. The molecule has 1 amide bonds. The van der Waals surface area contributed by atoms with Gasteiger partial charge in [0.05, 0.1) is 6.54 Å². The third kappa shape index (κ3) is 3.24. The number of hydrogen-bond acceptors (Lipinski definition) is 4. The molecule has 0 aliphatic carbocycles. The smallest absolute Gasteiger partial charge is 0.234 e. The zero-order chi connectivity index (χ0) is 12.8. The van der Waals surface area contributed by atoms with Gasteiger partial charge in [0.15, 0.2) is 11.5 Å². The molecular weight excluding hydrogens is 232 g/mol. The third-order valence-electron chi connectivity index (χ3n) is 2.50. The summed E-state index contributed by atoms with van der Waals surface area (Å²) in [6.45, 7) is 5.21. The van der Waals surface area contributed by atoms with E-state index in [0.717, 1.165) is 17.1 Å². The van der Waals surface area contributed by atoms with E-state index in [4.69, 9.17) is 9.47 Å². The summed E-state index contributed by atoms with van der Waals surface area (Å²) in [5.41, 5.74) is 0.983. The molecule has 0 unspecified atom stereocenters. The van der Waals surface area contributed by atoms with E-state index < -0.39 is 0 Å². The van der Waals surface area contributed by atoms with Crippen molar-refractivity contribution in [2.75, 3.05) is 19.9 Å². The van der Waals surface area contributed by atoms with Gasteiger partial charge in [0.1, 0.15) is 0 Å². The Morgan fingerprint density at radius 2 is 2.22 bits per heavy atom. The highest BCUT2D eigenvalue weighted by molar-refractivity contribution is 5.78. The summed E-state index contributed by atoms with van der Waals surface area (Å²) >= 11 is 0. The summed E-state index contributed by atoms with van der Waals surface area (Å²) in [5, 5.41) is 5.75. The minimum atomic E-state index is -0.0467. The molecule has 0 aromatic heterocycles. The molecule has 2 rings (SSSR count). The van der Waals surface area contributed by atoms with Crippen LogP contribution in [0.2, 0.25) is 0 Å². The van der Waals surface area contributed by atoms with Crippen molar-refractivity contribution in [2.24, 2.45) is 0 Å². The van der Waals surface area contributed by atoms with Crippen LogP contribution in [0.25, 0.3) is 0 Å². The first-order valence-electron chi connectivity index (χ1n) is 5.76. The minimum absolute atomic E-state index is 0.0467. The lowest BCUT2D eigenvalue weighted by molar-refractivity contribution is -0.120. The van der Waals surface area contributed by atoms with Crippen LogP contribution in [0.3, 0.4) is 0 Å². The van der Waals surface area contributed by atoms with E-state index in [1.807, 2.05) is 18.2 Å². The molecule has 0 radical (unpaired) electrons. The second-order valence-electron chi connectivity index (χ2n) is 3.88. The van der Waals surface area contributed by atoms with Crippen LogP contribution in [0, 0.1) is 0 Å². The van der Waals surface area contributed by atoms with Crippen LogP contribution in [-0.2, 0) is 11.3 Å². The fraction of sp³-hybridized carbons (Fsp3) is 0.308. The fourth-order valence-electron chi connectivity index (χ4n) is 1.60. The van der Waals surface area contributed by atoms with E-state index in [0.29, 0.717) is 13.1 Å². The van der Waals surface area contributed by atoms with Crippen molar-refractivity contribution in [3.8, 4) is 11.5 Å². The average Bonchev–Trinajstić information content (AvgIpc) is 2.84. The topological polar surface area (TPSA) is 59.6 Å². The van der Waals surface area contributed by atoms with E-state index in [-0.39, 0.29) is 19.2 Å². The van der Waals surface area contributed by atoms with Gasteiger partial charge in [-0.15, -0.1) is 6.58 Å². The number of hydrogen-bond donors (Lipinski definition) is 2. The highest BCUT2D eigenvalue weighted by atomic mass is 16.7. The van der Waals surface area contributed by atoms with Crippen LogP contribution < -0.4 is 20.1 Å². The van der Waals surface area contributed by atoms with Crippen molar-refractivity contribution in [3.63, 3.8) is 0 Å². The molecule has 0 bridgehead atoms. The van der Waals surface area contributed by atoms with E-state index in [2.05, 4.69) is 17.2 Å². The summed E-state index contributed by atoms with van der Waals surface area (Å²) in [7, 11) is 0. The number of benzene rings is 1. The molecule has 1 aliphatic rings. The highest BCUT2D eigenvalue weighted by Gasteiger charge is 2.13. The van der Waals surface area contributed by atoms with E-state index in [1.54, 1.807) is 6.08 Å². The molecule has 2 N–H and O–H groups in total. The number of carbonyl (C=O) groups excluding carboxylic acids is 1. The lowest BCUT2D eigenvalue weighted by atomic mass is 10.2. The summed E-state index contributed by atoms with van der Waals surface area (Å²) in [5.74, 6) is 1.43. The maximum atomic E-state index is 11.5. The Morgan fingerprint density at radius 1 is 1.39 bits per heavy atom. The van der Waals surface area contributed by atoms with Gasteiger partial charge in [0.2, 0.25) is 12.7 Å². The number of nitrogens with one attached hydrogen (secondary N) is 2. The van der Waals surface area contributed by atoms with Crippen molar-refractivity contribution < 1.29 is 14.3 Å². The first-order valence-corrected chi connectivity index (χ1v) is 5.76. The maximum Gasteiger partial charge on any atom is 0.234 e. The van der Waals surface area contributed by atoms with Gasteiger partial charge < -0.3 is 20.1 Å². The Morgan fingerprint density at radius 3 is 3.06 bits per heavy atom. The van der Waals surface area contributed by atoms with Gasteiger partial charge in [-0.3, -0.25) is 4.79 Å². The van der Waals surface area contributed by atoms with Crippen molar-refractivity contribution in [1.82, 2.24) is 10.6 Å². The lowest BCUT2D eigenvalue weighted by Crippen LogP contribution is -2.33. The Labute approximate surface area is 106 Å². The first-order chi connectivity index (χ1) is 8.79. The number of fused-ring (bicyclic) bond motifs is 1. The van der Waals surface area contributed by atoms with Gasteiger partial charge in [-0.2, -0.15) is 0 Å². The van der Waals surface area contributed by atoms with Crippen LogP contribution in [-0.4, -0.2) is 25.8 Å². The SMILES string of the molecule is C=CCNCC(=O)NCc1ccc2c(c1)OCO2. The van der Waals surface area contributed by atoms with E-state index >= 15 is 0 Å². The van der Waals surface area contributed by atoms with Crippen LogP contribution in [0.4, 0.5) is 0 Å². The van der Waals surface area contributed by atoms with Crippen molar-refractivity contribution in [3.05, 3.63) is 36.4 Å². The fourth-order valence-corrected chi connectivity index (χ4v) is 1.60. The molecule has 18 heavy (non-hydrogen) atoms. The summed E-state index contributed by atoms with van der Waals surface area (Å²) in [4.78, 5) is 11.5. The van der Waals surface area contributed by atoms with Crippen LogP contribution in [0.5, 0.6) is 11.5 Å². The molecule has 0 atom stereocenters. The monoisotopic (exact) mass is 248 g/mol. The Kier molecular flexibility index (Phi) is 4.20. The average molecular weight is 248 g/mol. The van der Waals surface area contributed by atoms with Crippen LogP contribution >= 0.6 is 0 Å². The molecule has 0 saturated heterocycles. The van der Waals surface area contributed by atoms with Crippen molar-refractivity contribution >= 4 is 5.91 Å². The predicted molar refractivity (Wildman–Crippen MR) is 67.5 cm³/mol. The number of carbonyl (C=O) groups is 1. The molecule has 1 aromatic rings. The minimum Gasteiger partial charge on any atom is -0.454 e. The molecule has 96 valence electrons. The normalized spacial score (nSPS) is 12.2. The molecule has 1 heterocycles. The lowest BCUT2D eigenvalue weighted by Gasteiger charge is -2.06. The molecule has 0 fully saturated rings. The van der Waals surface area contributed by atoms with Crippen LogP contribution in [0.15, 0.2) is 30.9 Å². The quantitative estimate of drug-likeness (QED) is 0.577. The van der Waals surface area contributed by atoms with Gasteiger partial charge in [-0.1, -0.05) is 12.1 Å². The van der Waals surface area contributed by atoms with Crippen molar-refractivity contribution in [1.29, 1.82) is 0 Å². The standard InChI is InChI=1S/C13H16N2O3/c1-2-5-14-8-13(16)15-7-10-3-4-11-12(6-10)18-9-17-11/h2-4,6,14H,1,5,7-9H2,(H,15,16). The van der Waals surface area contributed by atoms with Crippen molar-refractivity contribution in [2.45, 2.75) is 6.54 Å². The zero-order valence-corrected chi connectivity index (χ0v) is 10.1. The maximum absolute atomic E-state index is 11.5. The molecule has 0 spiro atoms. The van der Waals surface area contributed by atoms with E-state index in [9.17, 15) is 4.79 Å². The Hall–Kier alpha value is -2.01. The van der Waals surface area contributed by atoms with Gasteiger partial charge in [-0.05, 0) is 17.7 Å². The second kappa shape index (κ2) is 6.07. The molecular formula is C13H16N2O3. The van der Waals surface area contributed by atoms with Gasteiger partial charge >= 0.3 is 0 Å². The Balaban J connectivity index is 1.79. The third-order valence-corrected chi connectivity index (χ3v) is 2.50. The number of amides is 1. The molecule has 1 aromatic carbocycles. The van der Waals surface area contributed by atoms with Gasteiger partial charge in [0, 0.05) is 13.1 Å². The molecule has 5 heteroatoms. The molecule has 1 aliphatic heterocycles. The van der Waals surface area contributed by atoms with Gasteiger partial charge in [-0.25, -0.2) is 0 Å².